The molecule has 0 unspecified atom stereocenters. The number of nitrogens with zero attached hydrogens (tertiary/aromatic N) is 3. The summed E-state index contributed by atoms with van der Waals surface area (Å²) in [7, 11) is -1.91. The molecule has 4 rings (SSSR count). The Balaban J connectivity index is 1.66. The van der Waals surface area contributed by atoms with Crippen molar-refractivity contribution in [3.63, 3.8) is 0 Å². The summed E-state index contributed by atoms with van der Waals surface area (Å²) in [6.07, 6.45) is 2.05. The van der Waals surface area contributed by atoms with Crippen molar-refractivity contribution in [2.24, 2.45) is 7.05 Å². The molecule has 0 aliphatic heterocycles. The van der Waals surface area contributed by atoms with Gasteiger partial charge in [-0.2, -0.15) is 4.98 Å². The average Bonchev–Trinajstić information content (AvgIpc) is 2.97. The average molecular weight is 429 g/mol. The van der Waals surface area contributed by atoms with E-state index in [2.05, 4.69) is 20.6 Å². The van der Waals surface area contributed by atoms with Crippen molar-refractivity contribution in [3.05, 3.63) is 65.0 Å². The summed E-state index contributed by atoms with van der Waals surface area (Å²) in [5.74, 6) is -1.36. The number of anilines is 4. The number of sulfone groups is 1. The molecule has 11 heteroatoms. The maximum atomic E-state index is 14.3. The molecule has 4 aromatic rings. The predicted octanol–water partition coefficient (Wildman–Crippen LogP) is 2.95. The Morgan fingerprint density at radius 2 is 1.90 bits per heavy atom. The van der Waals surface area contributed by atoms with Crippen LogP contribution in [0.2, 0.25) is 0 Å². The molecule has 0 bridgehead atoms. The third-order valence-electron chi connectivity index (χ3n) is 4.33. The standard InChI is InChI=1S/C19H16FN5O4S/c1-25-14-8-7-11(9-15(14)29-19(25)26)22-17-12(20)10-21-18(24-17)23-13-5-3-4-6-16(13)30(2,27)28/h3-10H,1-2H3,(H2,21,22,23,24). The van der Waals surface area contributed by atoms with Crippen molar-refractivity contribution in [2.45, 2.75) is 4.90 Å². The number of rotatable bonds is 5. The van der Waals surface area contributed by atoms with E-state index in [1.54, 1.807) is 43.4 Å². The molecule has 0 atom stereocenters. The molecular weight excluding hydrogens is 413 g/mol. The van der Waals surface area contributed by atoms with Crippen molar-refractivity contribution in [3.8, 4) is 0 Å². The van der Waals surface area contributed by atoms with E-state index < -0.39 is 21.4 Å². The fraction of sp³-hybridized carbons (Fsp3) is 0.105. The van der Waals surface area contributed by atoms with E-state index in [1.807, 2.05) is 0 Å². The van der Waals surface area contributed by atoms with Crippen molar-refractivity contribution in [1.82, 2.24) is 14.5 Å². The van der Waals surface area contributed by atoms with Crippen LogP contribution in [0.15, 0.2) is 62.8 Å². The molecule has 0 fully saturated rings. The summed E-state index contributed by atoms with van der Waals surface area (Å²) in [5.41, 5.74) is 1.64. The first-order valence-corrected chi connectivity index (χ1v) is 10.6. The highest BCUT2D eigenvalue weighted by Crippen LogP contribution is 2.26. The summed E-state index contributed by atoms with van der Waals surface area (Å²) in [4.78, 5) is 19.6. The van der Waals surface area contributed by atoms with E-state index in [0.29, 0.717) is 16.8 Å². The van der Waals surface area contributed by atoms with Crippen molar-refractivity contribution < 1.29 is 17.2 Å². The molecule has 0 aliphatic rings. The Kier molecular flexibility index (Phi) is 4.74. The van der Waals surface area contributed by atoms with Crippen LogP contribution in [0.5, 0.6) is 0 Å². The lowest BCUT2D eigenvalue weighted by Crippen LogP contribution is -2.08. The first kappa shape index (κ1) is 19.6. The number of nitrogens with one attached hydrogen (secondary N) is 2. The summed E-state index contributed by atoms with van der Waals surface area (Å²) in [6, 6.07) is 11.1. The smallest absolute Gasteiger partial charge is 0.408 e. The maximum absolute atomic E-state index is 14.3. The number of aromatic nitrogens is 3. The maximum Gasteiger partial charge on any atom is 0.419 e. The topological polar surface area (TPSA) is 119 Å². The van der Waals surface area contributed by atoms with E-state index in [9.17, 15) is 17.6 Å². The van der Waals surface area contributed by atoms with Crippen molar-refractivity contribution in [2.75, 3.05) is 16.9 Å². The van der Waals surface area contributed by atoms with Gasteiger partial charge in [-0.05, 0) is 24.3 Å². The third-order valence-corrected chi connectivity index (χ3v) is 5.49. The molecular formula is C19H16FN5O4S. The predicted molar refractivity (Wildman–Crippen MR) is 110 cm³/mol. The fourth-order valence-electron chi connectivity index (χ4n) is 2.88. The normalized spacial score (nSPS) is 11.6. The Morgan fingerprint density at radius 1 is 1.13 bits per heavy atom. The molecule has 0 saturated carbocycles. The summed E-state index contributed by atoms with van der Waals surface area (Å²) < 4.78 is 44.6. The van der Waals surface area contributed by atoms with E-state index in [4.69, 9.17) is 4.42 Å². The molecule has 0 amide bonds. The van der Waals surface area contributed by atoms with Gasteiger partial charge < -0.3 is 15.1 Å². The zero-order valence-corrected chi connectivity index (χ0v) is 16.7. The summed E-state index contributed by atoms with van der Waals surface area (Å²) in [5, 5.41) is 5.61. The highest BCUT2D eigenvalue weighted by molar-refractivity contribution is 7.90. The molecule has 9 nitrogen and oxygen atoms in total. The Labute approximate surface area is 170 Å². The van der Waals surface area contributed by atoms with Crippen LogP contribution in [-0.2, 0) is 16.9 Å². The molecule has 2 N–H and O–H groups in total. The van der Waals surface area contributed by atoms with Gasteiger partial charge in [-0.3, -0.25) is 4.57 Å². The molecule has 0 spiro atoms. The molecule has 0 radical (unpaired) electrons. The zero-order chi connectivity index (χ0) is 21.5. The first-order valence-electron chi connectivity index (χ1n) is 8.67. The van der Waals surface area contributed by atoms with Gasteiger partial charge in [0, 0.05) is 25.1 Å². The van der Waals surface area contributed by atoms with Gasteiger partial charge in [-0.25, -0.2) is 22.6 Å². The van der Waals surface area contributed by atoms with Gasteiger partial charge in [0.2, 0.25) is 5.95 Å². The number of fused-ring (bicyclic) bond motifs is 1. The minimum absolute atomic E-state index is 0.00215. The summed E-state index contributed by atoms with van der Waals surface area (Å²) >= 11 is 0. The number of aryl methyl sites for hydroxylation is 1. The molecule has 2 aromatic heterocycles. The SMILES string of the molecule is Cn1c(=O)oc2cc(Nc3nc(Nc4ccccc4S(C)(=O)=O)ncc3F)ccc21. The van der Waals surface area contributed by atoms with Crippen LogP contribution in [0.3, 0.4) is 0 Å². The fourth-order valence-corrected chi connectivity index (χ4v) is 3.72. The van der Waals surface area contributed by atoms with Gasteiger partial charge in [0.15, 0.2) is 27.1 Å². The Bertz CT molecular complexity index is 1430. The number of hydrogen-bond donors (Lipinski definition) is 2. The summed E-state index contributed by atoms with van der Waals surface area (Å²) in [6.45, 7) is 0. The second-order valence-corrected chi connectivity index (χ2v) is 8.50. The molecule has 0 aliphatic carbocycles. The van der Waals surface area contributed by atoms with Gasteiger partial charge in [0.25, 0.3) is 0 Å². The molecule has 2 heterocycles. The van der Waals surface area contributed by atoms with Crippen LogP contribution >= 0.6 is 0 Å². The lowest BCUT2D eigenvalue weighted by Gasteiger charge is -2.11. The number of benzene rings is 2. The van der Waals surface area contributed by atoms with Crippen LogP contribution < -0.4 is 16.4 Å². The van der Waals surface area contributed by atoms with Crippen LogP contribution in [0.1, 0.15) is 0 Å². The van der Waals surface area contributed by atoms with E-state index in [1.165, 1.54) is 10.6 Å². The second kappa shape index (κ2) is 7.26. The van der Waals surface area contributed by atoms with Gasteiger partial charge in [-0.1, -0.05) is 12.1 Å². The van der Waals surface area contributed by atoms with Crippen molar-refractivity contribution in [1.29, 1.82) is 0 Å². The largest absolute Gasteiger partial charge is 0.419 e. The minimum Gasteiger partial charge on any atom is -0.408 e. The van der Waals surface area contributed by atoms with Gasteiger partial charge in [0.1, 0.15) is 0 Å². The Hall–Kier alpha value is -3.73. The number of hydrogen-bond acceptors (Lipinski definition) is 8. The van der Waals surface area contributed by atoms with Gasteiger partial charge in [0.05, 0.1) is 22.3 Å². The quantitative estimate of drug-likeness (QED) is 0.497. The molecule has 30 heavy (non-hydrogen) atoms. The molecule has 0 saturated heterocycles. The monoisotopic (exact) mass is 429 g/mol. The van der Waals surface area contributed by atoms with Gasteiger partial charge in [-0.15, -0.1) is 0 Å². The van der Waals surface area contributed by atoms with E-state index in [0.717, 1.165) is 12.5 Å². The van der Waals surface area contributed by atoms with Crippen molar-refractivity contribution >= 4 is 44.1 Å². The lowest BCUT2D eigenvalue weighted by atomic mass is 10.3. The second-order valence-electron chi connectivity index (χ2n) is 6.52. The minimum atomic E-state index is -3.49. The van der Waals surface area contributed by atoms with E-state index in [-0.39, 0.29) is 22.3 Å². The number of oxazole rings is 1. The number of para-hydroxylation sites is 1. The Morgan fingerprint density at radius 3 is 2.67 bits per heavy atom. The van der Waals surface area contributed by atoms with Gasteiger partial charge >= 0.3 is 5.76 Å². The number of halogens is 1. The van der Waals surface area contributed by atoms with E-state index >= 15 is 0 Å². The van der Waals surface area contributed by atoms with Crippen LogP contribution in [-0.4, -0.2) is 29.2 Å². The van der Waals surface area contributed by atoms with Crippen LogP contribution in [0.25, 0.3) is 11.1 Å². The highest BCUT2D eigenvalue weighted by Gasteiger charge is 2.15. The highest BCUT2D eigenvalue weighted by atomic mass is 32.2. The molecule has 2 aromatic carbocycles. The third kappa shape index (κ3) is 3.74. The van der Waals surface area contributed by atoms with Crippen LogP contribution in [0, 0.1) is 5.82 Å². The van der Waals surface area contributed by atoms with Crippen LogP contribution in [0.4, 0.5) is 27.5 Å². The molecule has 154 valence electrons. The zero-order valence-electron chi connectivity index (χ0n) is 15.9. The lowest BCUT2D eigenvalue weighted by molar-refractivity contribution is 0.528. The first-order chi connectivity index (χ1) is 14.2.